The molecule has 1 aromatic heterocycles. The third-order valence-corrected chi connectivity index (χ3v) is 3.53. The maximum absolute atomic E-state index is 12.0. The van der Waals surface area contributed by atoms with Crippen molar-refractivity contribution >= 4 is 11.6 Å². The number of anilines is 1. The van der Waals surface area contributed by atoms with Crippen LogP contribution in [0.4, 0.5) is 5.69 Å². The highest BCUT2D eigenvalue weighted by Crippen LogP contribution is 2.24. The van der Waals surface area contributed by atoms with E-state index in [1.807, 2.05) is 7.05 Å². The molecule has 1 aromatic rings. The molecule has 1 rings (SSSR count). The van der Waals surface area contributed by atoms with Gasteiger partial charge in [-0.05, 0) is 17.4 Å². The first-order chi connectivity index (χ1) is 7.74. The Kier molecular flexibility index (Phi) is 3.86. The summed E-state index contributed by atoms with van der Waals surface area (Å²) >= 11 is 0. The Balaban J connectivity index is 2.65. The molecule has 4 heteroatoms. The highest BCUT2D eigenvalue weighted by atomic mass is 16.1. The summed E-state index contributed by atoms with van der Waals surface area (Å²) in [6.07, 6.45) is 1.74. The molecule has 0 radical (unpaired) electrons. The van der Waals surface area contributed by atoms with Crippen LogP contribution in [0.25, 0.3) is 0 Å². The molecule has 96 valence electrons. The summed E-state index contributed by atoms with van der Waals surface area (Å²) in [5, 5.41) is 2.96. The number of aryl methyl sites for hydroxylation is 1. The van der Waals surface area contributed by atoms with Crippen LogP contribution in [0.5, 0.6) is 0 Å². The molecule has 0 spiro atoms. The molecule has 0 aliphatic heterocycles. The lowest BCUT2D eigenvalue weighted by molar-refractivity contribution is 0.0916. The molecule has 3 N–H and O–H groups in total. The van der Waals surface area contributed by atoms with Crippen molar-refractivity contribution in [2.45, 2.75) is 27.7 Å². The highest BCUT2D eigenvalue weighted by Gasteiger charge is 2.23. The summed E-state index contributed by atoms with van der Waals surface area (Å²) in [7, 11) is 1.82. The van der Waals surface area contributed by atoms with Gasteiger partial charge in [0, 0.05) is 19.8 Å². The number of carbonyl (C=O) groups is 1. The van der Waals surface area contributed by atoms with E-state index in [4.69, 9.17) is 5.73 Å². The minimum absolute atomic E-state index is 0.0714. The summed E-state index contributed by atoms with van der Waals surface area (Å²) in [5.41, 5.74) is 6.95. The van der Waals surface area contributed by atoms with Crippen molar-refractivity contribution in [3.63, 3.8) is 0 Å². The second-order valence-corrected chi connectivity index (χ2v) is 5.60. The van der Waals surface area contributed by atoms with Gasteiger partial charge in [-0.1, -0.05) is 27.7 Å². The molecule has 0 fully saturated rings. The number of nitrogen functional groups attached to an aromatic ring is 1. The van der Waals surface area contributed by atoms with Gasteiger partial charge in [0.25, 0.3) is 5.91 Å². The molecular formula is C13H23N3O. The molecule has 17 heavy (non-hydrogen) atoms. The monoisotopic (exact) mass is 237 g/mol. The number of rotatable bonds is 4. The predicted molar refractivity (Wildman–Crippen MR) is 70.8 cm³/mol. The van der Waals surface area contributed by atoms with Crippen molar-refractivity contribution in [3.8, 4) is 0 Å². The average molecular weight is 237 g/mol. The zero-order valence-electron chi connectivity index (χ0n) is 11.4. The molecule has 1 amide bonds. The van der Waals surface area contributed by atoms with Crippen LogP contribution in [0, 0.1) is 11.3 Å². The van der Waals surface area contributed by atoms with Crippen LogP contribution >= 0.6 is 0 Å². The Morgan fingerprint density at radius 1 is 1.53 bits per heavy atom. The predicted octanol–water partition coefficient (Wildman–Crippen LogP) is 2.02. The maximum Gasteiger partial charge on any atom is 0.267 e. The Labute approximate surface area is 103 Å². The van der Waals surface area contributed by atoms with Gasteiger partial charge in [-0.25, -0.2) is 0 Å². The van der Waals surface area contributed by atoms with E-state index in [1.54, 1.807) is 16.8 Å². The van der Waals surface area contributed by atoms with E-state index in [2.05, 4.69) is 33.0 Å². The molecule has 0 bridgehead atoms. The zero-order valence-corrected chi connectivity index (χ0v) is 11.4. The van der Waals surface area contributed by atoms with E-state index in [0.717, 1.165) is 0 Å². The molecule has 0 atom stereocenters. The minimum atomic E-state index is -0.0714. The molecule has 0 saturated heterocycles. The van der Waals surface area contributed by atoms with Crippen LogP contribution in [0.1, 0.15) is 38.2 Å². The number of aromatic nitrogens is 1. The van der Waals surface area contributed by atoms with Crippen molar-refractivity contribution < 1.29 is 4.79 Å². The second kappa shape index (κ2) is 4.82. The zero-order chi connectivity index (χ0) is 13.2. The number of hydrogen-bond acceptors (Lipinski definition) is 2. The van der Waals surface area contributed by atoms with Crippen molar-refractivity contribution in [1.29, 1.82) is 0 Å². The Bertz CT molecular complexity index is 405. The second-order valence-electron chi connectivity index (χ2n) is 5.60. The number of carbonyl (C=O) groups excluding carboxylic acids is 1. The first kappa shape index (κ1) is 13.6. The van der Waals surface area contributed by atoms with Gasteiger partial charge in [0.1, 0.15) is 5.69 Å². The number of nitrogens with one attached hydrogen (secondary N) is 1. The third kappa shape index (κ3) is 3.25. The van der Waals surface area contributed by atoms with E-state index in [9.17, 15) is 4.79 Å². The van der Waals surface area contributed by atoms with Gasteiger partial charge in [-0.3, -0.25) is 4.79 Å². The number of nitrogens with two attached hydrogens (primary N) is 1. The topological polar surface area (TPSA) is 60.1 Å². The highest BCUT2D eigenvalue weighted by molar-refractivity contribution is 5.93. The largest absolute Gasteiger partial charge is 0.397 e. The quantitative estimate of drug-likeness (QED) is 0.841. The van der Waals surface area contributed by atoms with E-state index in [0.29, 0.717) is 23.8 Å². The minimum Gasteiger partial charge on any atom is -0.397 e. The van der Waals surface area contributed by atoms with Crippen LogP contribution in [-0.4, -0.2) is 17.0 Å². The fourth-order valence-corrected chi connectivity index (χ4v) is 1.42. The van der Waals surface area contributed by atoms with Crippen LogP contribution in [0.2, 0.25) is 0 Å². The lowest BCUT2D eigenvalue weighted by atomic mass is 9.81. The molecular weight excluding hydrogens is 214 g/mol. The van der Waals surface area contributed by atoms with E-state index in [-0.39, 0.29) is 11.3 Å². The number of nitrogens with zero attached hydrogens (tertiary/aromatic N) is 1. The van der Waals surface area contributed by atoms with Crippen molar-refractivity contribution in [1.82, 2.24) is 9.88 Å². The average Bonchev–Trinajstić information content (AvgIpc) is 2.54. The van der Waals surface area contributed by atoms with Crippen LogP contribution < -0.4 is 11.1 Å². The van der Waals surface area contributed by atoms with E-state index >= 15 is 0 Å². The Morgan fingerprint density at radius 3 is 2.53 bits per heavy atom. The molecule has 0 aliphatic rings. The van der Waals surface area contributed by atoms with Crippen molar-refractivity contribution in [3.05, 3.63) is 18.0 Å². The SMILES string of the molecule is CC(C)C(C)(C)CNC(=O)c1cc(N)cn1C. The molecule has 0 unspecified atom stereocenters. The number of amides is 1. The molecule has 0 aromatic carbocycles. The Hall–Kier alpha value is -1.45. The standard InChI is InChI=1S/C13H23N3O/c1-9(2)13(3,4)8-15-12(17)11-6-10(14)7-16(11)5/h6-7,9H,8,14H2,1-5H3,(H,15,17). The molecule has 4 nitrogen and oxygen atoms in total. The van der Waals surface area contributed by atoms with E-state index in [1.165, 1.54) is 0 Å². The van der Waals surface area contributed by atoms with Crippen LogP contribution in [0.3, 0.4) is 0 Å². The van der Waals surface area contributed by atoms with Gasteiger partial charge in [0.15, 0.2) is 0 Å². The maximum atomic E-state index is 12.0. The molecule has 0 aliphatic carbocycles. The van der Waals surface area contributed by atoms with Gasteiger partial charge < -0.3 is 15.6 Å². The summed E-state index contributed by atoms with van der Waals surface area (Å²) in [5.74, 6) is 0.444. The third-order valence-electron chi connectivity index (χ3n) is 3.53. The van der Waals surface area contributed by atoms with Gasteiger partial charge in [-0.2, -0.15) is 0 Å². The van der Waals surface area contributed by atoms with Crippen LogP contribution in [-0.2, 0) is 7.05 Å². The van der Waals surface area contributed by atoms with Crippen LogP contribution in [0.15, 0.2) is 12.3 Å². The van der Waals surface area contributed by atoms with Gasteiger partial charge >= 0.3 is 0 Å². The normalized spacial score (nSPS) is 11.9. The van der Waals surface area contributed by atoms with Gasteiger partial charge in [0.2, 0.25) is 0 Å². The summed E-state index contributed by atoms with van der Waals surface area (Å²) in [6.45, 7) is 9.28. The Morgan fingerprint density at radius 2 is 2.12 bits per heavy atom. The van der Waals surface area contributed by atoms with Gasteiger partial charge in [0.05, 0.1) is 5.69 Å². The summed E-state index contributed by atoms with van der Waals surface area (Å²) in [6, 6.07) is 1.69. The summed E-state index contributed by atoms with van der Waals surface area (Å²) in [4.78, 5) is 12.0. The fraction of sp³-hybridized carbons (Fsp3) is 0.615. The molecule has 0 saturated carbocycles. The van der Waals surface area contributed by atoms with E-state index < -0.39 is 0 Å². The first-order valence-electron chi connectivity index (χ1n) is 5.94. The lowest BCUT2D eigenvalue weighted by Gasteiger charge is -2.29. The van der Waals surface area contributed by atoms with Crippen molar-refractivity contribution in [2.24, 2.45) is 18.4 Å². The van der Waals surface area contributed by atoms with Crippen molar-refractivity contribution in [2.75, 3.05) is 12.3 Å². The molecule has 1 heterocycles. The smallest absolute Gasteiger partial charge is 0.267 e. The fourth-order valence-electron chi connectivity index (χ4n) is 1.42. The lowest BCUT2D eigenvalue weighted by Crippen LogP contribution is -2.37. The summed E-state index contributed by atoms with van der Waals surface area (Å²) < 4.78 is 1.74. The van der Waals surface area contributed by atoms with Gasteiger partial charge in [-0.15, -0.1) is 0 Å². The number of hydrogen-bond donors (Lipinski definition) is 2. The first-order valence-corrected chi connectivity index (χ1v) is 5.94.